The molecule has 0 radical (unpaired) electrons. The fourth-order valence-electron chi connectivity index (χ4n) is 5.88. The predicted molar refractivity (Wildman–Crippen MR) is 113 cm³/mol. The average Bonchev–Trinajstić information content (AvgIpc) is 3.36. The Bertz CT molecular complexity index is 829. The van der Waals surface area contributed by atoms with E-state index in [1.54, 1.807) is 6.07 Å². The topological polar surface area (TPSA) is 64.7 Å². The molecule has 0 spiro atoms. The fourth-order valence-corrected chi connectivity index (χ4v) is 5.88. The van der Waals surface area contributed by atoms with Crippen molar-refractivity contribution in [2.24, 2.45) is 0 Å². The van der Waals surface area contributed by atoms with Crippen LogP contribution in [-0.4, -0.2) is 65.4 Å². The first-order valence-corrected chi connectivity index (χ1v) is 11.4. The van der Waals surface area contributed by atoms with Crippen molar-refractivity contribution in [3.8, 4) is 0 Å². The summed E-state index contributed by atoms with van der Waals surface area (Å²) < 4.78 is 14.1. The third-order valence-corrected chi connectivity index (χ3v) is 7.54. The van der Waals surface area contributed by atoms with Gasteiger partial charge in [-0.25, -0.2) is 4.39 Å². The van der Waals surface area contributed by atoms with Gasteiger partial charge in [0.1, 0.15) is 11.9 Å². The van der Waals surface area contributed by atoms with Gasteiger partial charge in [-0.2, -0.15) is 0 Å². The molecule has 1 saturated carbocycles. The van der Waals surface area contributed by atoms with E-state index in [4.69, 9.17) is 0 Å². The minimum absolute atomic E-state index is 0.0261. The normalized spacial score (nSPS) is 31.3. The lowest BCUT2D eigenvalue weighted by atomic mass is 9.89. The van der Waals surface area contributed by atoms with E-state index in [0.717, 1.165) is 63.0 Å². The summed E-state index contributed by atoms with van der Waals surface area (Å²) in [5.74, 6) is 0.0488. The zero-order chi connectivity index (χ0) is 20.8. The van der Waals surface area contributed by atoms with Gasteiger partial charge in [0.05, 0.1) is 0 Å². The Morgan fingerprint density at radius 3 is 2.90 bits per heavy atom. The molecule has 2 amide bonds. The van der Waals surface area contributed by atoms with E-state index in [1.807, 2.05) is 6.92 Å². The molecule has 1 aromatic carbocycles. The Hall–Kier alpha value is -2.15. The van der Waals surface area contributed by atoms with E-state index in [1.165, 1.54) is 6.07 Å². The second-order valence-electron chi connectivity index (χ2n) is 9.42. The number of piperazine rings is 1. The lowest BCUT2D eigenvalue weighted by Crippen LogP contribution is -2.56. The van der Waals surface area contributed by atoms with Gasteiger partial charge in [-0.3, -0.25) is 14.5 Å². The van der Waals surface area contributed by atoms with Gasteiger partial charge in [-0.05, 0) is 50.7 Å². The van der Waals surface area contributed by atoms with Crippen LogP contribution in [0.3, 0.4) is 0 Å². The largest absolute Gasteiger partial charge is 0.373 e. The SMILES string of the molecule is Cc1ccc(F)c2c1NC(C(=O)N[C@@H]1CCC[C@@H](N3CCN4C(=O)CC[C@@H]4C3)C1)C2. The summed E-state index contributed by atoms with van der Waals surface area (Å²) in [5.41, 5.74) is 2.38. The van der Waals surface area contributed by atoms with Crippen LogP contribution in [0.15, 0.2) is 12.1 Å². The lowest BCUT2D eigenvalue weighted by molar-refractivity contribution is -0.131. The highest BCUT2D eigenvalue weighted by Gasteiger charge is 2.39. The van der Waals surface area contributed by atoms with Crippen LogP contribution < -0.4 is 10.6 Å². The molecule has 1 aliphatic carbocycles. The molecule has 4 atom stereocenters. The molecule has 4 aliphatic rings. The molecule has 5 rings (SSSR count). The number of hydrogen-bond acceptors (Lipinski definition) is 4. The zero-order valence-electron chi connectivity index (χ0n) is 17.6. The Morgan fingerprint density at radius 2 is 2.07 bits per heavy atom. The van der Waals surface area contributed by atoms with E-state index in [0.29, 0.717) is 36.4 Å². The number of fused-ring (bicyclic) bond motifs is 2. The summed E-state index contributed by atoms with van der Waals surface area (Å²) in [7, 11) is 0. The standard InChI is InChI=1S/C23H31FN4O2/c1-14-5-7-19(24)18-12-20(26-22(14)18)23(30)25-15-3-2-4-16(11-15)27-9-10-28-17(13-27)6-8-21(28)29/h5,7,15-17,20,26H,2-4,6,8-13H2,1H3,(H,25,30)/t15-,16-,17-,20?/m1/s1. The maximum absolute atomic E-state index is 14.1. The average molecular weight is 415 g/mol. The van der Waals surface area contributed by atoms with Crippen molar-refractivity contribution in [3.63, 3.8) is 0 Å². The van der Waals surface area contributed by atoms with Crippen molar-refractivity contribution in [1.29, 1.82) is 0 Å². The summed E-state index contributed by atoms with van der Waals surface area (Å²) in [4.78, 5) is 29.5. The zero-order valence-corrected chi connectivity index (χ0v) is 17.6. The number of nitrogens with zero attached hydrogens (tertiary/aromatic N) is 2. The number of hydrogen-bond donors (Lipinski definition) is 2. The second kappa shape index (κ2) is 7.84. The number of nitrogens with one attached hydrogen (secondary N) is 2. The van der Waals surface area contributed by atoms with Crippen molar-refractivity contribution in [3.05, 3.63) is 29.1 Å². The van der Waals surface area contributed by atoms with Crippen LogP contribution >= 0.6 is 0 Å². The number of benzene rings is 1. The monoisotopic (exact) mass is 414 g/mol. The molecule has 1 aromatic rings. The van der Waals surface area contributed by atoms with Crippen LogP contribution in [-0.2, 0) is 16.0 Å². The van der Waals surface area contributed by atoms with E-state index >= 15 is 0 Å². The maximum Gasteiger partial charge on any atom is 0.243 e. The van der Waals surface area contributed by atoms with Crippen LogP contribution in [0.4, 0.5) is 10.1 Å². The summed E-state index contributed by atoms with van der Waals surface area (Å²) in [6.45, 7) is 4.68. The van der Waals surface area contributed by atoms with Gasteiger partial charge >= 0.3 is 0 Å². The van der Waals surface area contributed by atoms with E-state index < -0.39 is 6.04 Å². The Kier molecular flexibility index (Phi) is 5.17. The van der Waals surface area contributed by atoms with Crippen LogP contribution in [0.5, 0.6) is 0 Å². The van der Waals surface area contributed by atoms with Crippen molar-refractivity contribution >= 4 is 17.5 Å². The molecular formula is C23H31FN4O2. The maximum atomic E-state index is 14.1. The van der Waals surface area contributed by atoms with E-state index in [-0.39, 0.29) is 17.8 Å². The molecule has 3 aliphatic heterocycles. The molecule has 6 nitrogen and oxygen atoms in total. The smallest absolute Gasteiger partial charge is 0.243 e. The van der Waals surface area contributed by atoms with Crippen LogP contribution in [0.25, 0.3) is 0 Å². The first-order valence-electron chi connectivity index (χ1n) is 11.4. The summed E-state index contributed by atoms with van der Waals surface area (Å²) in [6.07, 6.45) is 6.29. The molecule has 3 heterocycles. The van der Waals surface area contributed by atoms with Crippen LogP contribution in [0.2, 0.25) is 0 Å². The predicted octanol–water partition coefficient (Wildman–Crippen LogP) is 2.20. The quantitative estimate of drug-likeness (QED) is 0.796. The molecule has 7 heteroatoms. The number of carbonyl (C=O) groups excluding carboxylic acids is 2. The number of halogens is 1. The summed E-state index contributed by atoms with van der Waals surface area (Å²) >= 11 is 0. The number of anilines is 1. The molecule has 2 N–H and O–H groups in total. The van der Waals surface area contributed by atoms with Gasteiger partial charge in [0, 0.05) is 61.9 Å². The molecule has 3 fully saturated rings. The van der Waals surface area contributed by atoms with Gasteiger partial charge in [-0.15, -0.1) is 0 Å². The molecule has 0 bridgehead atoms. The van der Waals surface area contributed by atoms with E-state index in [9.17, 15) is 14.0 Å². The molecule has 1 unspecified atom stereocenters. The second-order valence-corrected chi connectivity index (χ2v) is 9.42. The molecule has 0 aromatic heterocycles. The summed E-state index contributed by atoms with van der Waals surface area (Å²) in [6, 6.07) is 3.85. The third-order valence-electron chi connectivity index (χ3n) is 7.54. The van der Waals surface area contributed by atoms with Gasteiger partial charge in [0.2, 0.25) is 11.8 Å². The van der Waals surface area contributed by atoms with Crippen molar-refractivity contribution in [2.75, 3.05) is 25.0 Å². The van der Waals surface area contributed by atoms with Gasteiger partial charge < -0.3 is 15.5 Å². The highest BCUT2D eigenvalue weighted by atomic mass is 19.1. The lowest BCUT2D eigenvalue weighted by Gasteiger charge is -2.44. The van der Waals surface area contributed by atoms with Crippen molar-refractivity contribution < 1.29 is 14.0 Å². The van der Waals surface area contributed by atoms with Crippen molar-refractivity contribution in [1.82, 2.24) is 15.1 Å². The number of amides is 2. The molecule has 162 valence electrons. The number of aryl methyl sites for hydroxylation is 1. The van der Waals surface area contributed by atoms with Crippen LogP contribution in [0.1, 0.15) is 49.7 Å². The Balaban J connectivity index is 1.17. The van der Waals surface area contributed by atoms with Crippen molar-refractivity contribution in [2.45, 2.75) is 76.0 Å². The van der Waals surface area contributed by atoms with Gasteiger partial charge in [0.15, 0.2) is 0 Å². The first-order chi connectivity index (χ1) is 14.5. The molecule has 2 saturated heterocycles. The minimum atomic E-state index is -0.399. The first kappa shape index (κ1) is 19.8. The number of carbonyl (C=O) groups is 2. The number of rotatable bonds is 3. The molecular weight excluding hydrogens is 383 g/mol. The fraction of sp³-hybridized carbons (Fsp3) is 0.652. The minimum Gasteiger partial charge on any atom is -0.373 e. The van der Waals surface area contributed by atoms with Crippen LogP contribution in [0, 0.1) is 12.7 Å². The van der Waals surface area contributed by atoms with E-state index in [2.05, 4.69) is 20.4 Å². The highest BCUT2D eigenvalue weighted by Crippen LogP contribution is 2.32. The van der Waals surface area contributed by atoms with Gasteiger partial charge in [0.25, 0.3) is 0 Å². The Morgan fingerprint density at radius 1 is 1.20 bits per heavy atom. The van der Waals surface area contributed by atoms with Gasteiger partial charge in [-0.1, -0.05) is 6.07 Å². The summed E-state index contributed by atoms with van der Waals surface area (Å²) in [5, 5.41) is 6.48. The Labute approximate surface area is 177 Å². The molecule has 30 heavy (non-hydrogen) atoms. The highest BCUT2D eigenvalue weighted by molar-refractivity contribution is 5.88. The third kappa shape index (κ3) is 3.57.